The zero-order valence-corrected chi connectivity index (χ0v) is 17.0. The molecule has 2 aliphatic rings. The second-order valence-electron chi connectivity index (χ2n) is 6.51. The maximum Gasteiger partial charge on any atom is 0.416 e. The number of halogens is 4. The lowest BCUT2D eigenvalue weighted by atomic mass is 10.1. The van der Waals surface area contributed by atoms with Crippen molar-refractivity contribution < 1.29 is 13.2 Å². The van der Waals surface area contributed by atoms with E-state index in [1.54, 1.807) is 6.07 Å². The topological polar surface area (TPSA) is 12.9 Å². The van der Waals surface area contributed by atoms with E-state index < -0.39 is 11.7 Å². The molecule has 5 rings (SSSR count). The molecule has 0 amide bonds. The minimum Gasteiger partial charge on any atom is -0.235 e. The van der Waals surface area contributed by atoms with Crippen LogP contribution in [0.4, 0.5) is 13.2 Å². The lowest BCUT2D eigenvalue weighted by Gasteiger charge is -2.11. The van der Waals surface area contributed by atoms with Gasteiger partial charge in [-0.1, -0.05) is 59.8 Å². The third-order valence-corrected chi connectivity index (χ3v) is 7.04. The average Bonchev–Trinajstić information content (AvgIpc) is 3.06. The number of nitrogens with zero attached hydrogens (tertiary/aromatic N) is 1. The van der Waals surface area contributed by atoms with Crippen molar-refractivity contribution in [2.75, 3.05) is 0 Å². The Hall–Kier alpha value is -2.28. The number of hydrogen-bond acceptors (Lipinski definition) is 3. The van der Waals surface area contributed by atoms with E-state index >= 15 is 0 Å². The first-order chi connectivity index (χ1) is 13.9. The van der Waals surface area contributed by atoms with Crippen molar-refractivity contribution in [3.63, 3.8) is 0 Å². The van der Waals surface area contributed by atoms with Crippen LogP contribution < -0.4 is 9.75 Å². The summed E-state index contributed by atoms with van der Waals surface area (Å²) in [5, 5.41) is 5.12. The van der Waals surface area contributed by atoms with Gasteiger partial charge in [-0.25, -0.2) is 4.98 Å². The van der Waals surface area contributed by atoms with E-state index in [4.69, 9.17) is 16.6 Å². The molecule has 2 heterocycles. The largest absolute Gasteiger partial charge is 0.416 e. The molecule has 2 aromatic carbocycles. The maximum atomic E-state index is 13.4. The molecule has 1 aliphatic heterocycles. The Balaban J connectivity index is 1.93. The third-order valence-electron chi connectivity index (χ3n) is 4.69. The molecule has 0 saturated carbocycles. The van der Waals surface area contributed by atoms with Crippen molar-refractivity contribution >= 4 is 45.7 Å². The summed E-state index contributed by atoms with van der Waals surface area (Å²) < 4.78 is 41.0. The van der Waals surface area contributed by atoms with Crippen LogP contribution in [0.2, 0.25) is 5.02 Å². The fraction of sp³-hybridized carbons (Fsp3) is 0.0455. The molecule has 3 aromatic rings. The van der Waals surface area contributed by atoms with Crippen LogP contribution in [0.1, 0.15) is 5.56 Å². The minimum absolute atomic E-state index is 0.548. The Morgan fingerprint density at radius 3 is 2.62 bits per heavy atom. The molecule has 0 bridgehead atoms. The molecule has 0 atom stereocenters. The van der Waals surface area contributed by atoms with Crippen molar-refractivity contribution in [2.24, 2.45) is 0 Å². The van der Waals surface area contributed by atoms with Crippen molar-refractivity contribution in [1.82, 2.24) is 4.98 Å². The molecule has 1 aliphatic carbocycles. The highest BCUT2D eigenvalue weighted by atomic mass is 35.5. The van der Waals surface area contributed by atoms with Gasteiger partial charge in [0.25, 0.3) is 0 Å². The molecule has 0 unspecified atom stereocenters. The van der Waals surface area contributed by atoms with Crippen LogP contribution >= 0.6 is 34.7 Å². The van der Waals surface area contributed by atoms with E-state index in [0.717, 1.165) is 31.6 Å². The summed E-state index contributed by atoms with van der Waals surface area (Å²) in [6.07, 6.45) is 1.40. The average molecular weight is 446 g/mol. The SMILES string of the molecule is FC(F)(F)c1ccc2c(c1)=C1SC=CC=C1C=c1sc(-c3ccccc3Cl)nc1=2. The number of thiazole rings is 1. The fourth-order valence-electron chi connectivity index (χ4n) is 3.36. The van der Waals surface area contributed by atoms with Gasteiger partial charge in [-0.2, -0.15) is 13.2 Å². The third kappa shape index (κ3) is 3.25. The predicted octanol–water partition coefficient (Wildman–Crippen LogP) is 5.86. The van der Waals surface area contributed by atoms with E-state index in [-0.39, 0.29) is 0 Å². The van der Waals surface area contributed by atoms with Gasteiger partial charge in [-0.05, 0) is 40.5 Å². The zero-order chi connectivity index (χ0) is 20.2. The summed E-state index contributed by atoms with van der Waals surface area (Å²) in [5.74, 6) is 0. The van der Waals surface area contributed by atoms with Gasteiger partial charge in [0, 0.05) is 15.7 Å². The second kappa shape index (κ2) is 6.90. The summed E-state index contributed by atoms with van der Waals surface area (Å²) in [5.41, 5.74) is 1.03. The number of fused-ring (bicyclic) bond motifs is 3. The molecule has 144 valence electrons. The summed E-state index contributed by atoms with van der Waals surface area (Å²) in [7, 11) is 0. The van der Waals surface area contributed by atoms with Crippen LogP contribution in [0.25, 0.3) is 21.6 Å². The summed E-state index contributed by atoms with van der Waals surface area (Å²) >= 11 is 9.25. The Kier molecular flexibility index (Phi) is 4.46. The predicted molar refractivity (Wildman–Crippen MR) is 114 cm³/mol. The maximum absolute atomic E-state index is 13.4. The number of benzene rings is 2. The van der Waals surface area contributed by atoms with Gasteiger partial charge in [0.05, 0.1) is 20.5 Å². The summed E-state index contributed by atoms with van der Waals surface area (Å²) in [4.78, 5) is 5.59. The first-order valence-corrected chi connectivity index (χ1v) is 10.7. The van der Waals surface area contributed by atoms with Crippen LogP contribution in [0.15, 0.2) is 65.6 Å². The minimum atomic E-state index is -4.40. The highest BCUT2D eigenvalue weighted by Crippen LogP contribution is 2.34. The normalized spacial score (nSPS) is 15.0. The van der Waals surface area contributed by atoms with Crippen molar-refractivity contribution in [3.05, 3.63) is 96.5 Å². The standard InChI is InChI=1S/C22H11ClF3NS2/c23-17-6-2-1-5-15(17)21-27-19-14-8-7-13(22(24,25)26)11-16(14)20-12(4-3-9-28-20)10-18(19)29-21/h1-11H. The van der Waals surface area contributed by atoms with Crippen molar-refractivity contribution in [1.29, 1.82) is 0 Å². The zero-order valence-electron chi connectivity index (χ0n) is 14.6. The molecule has 0 radical (unpaired) electrons. The molecule has 1 nitrogen and oxygen atoms in total. The number of rotatable bonds is 1. The number of hydrogen-bond donors (Lipinski definition) is 0. The molecule has 1 aromatic heterocycles. The second-order valence-corrected chi connectivity index (χ2v) is 8.87. The van der Waals surface area contributed by atoms with Gasteiger partial charge >= 0.3 is 6.18 Å². The number of alkyl halides is 3. The Labute approximate surface area is 176 Å². The number of aromatic nitrogens is 1. The lowest BCUT2D eigenvalue weighted by molar-refractivity contribution is -0.137. The summed E-state index contributed by atoms with van der Waals surface area (Å²) in [6, 6.07) is 11.3. The first kappa shape index (κ1) is 18.7. The van der Waals surface area contributed by atoms with Gasteiger partial charge in [0.1, 0.15) is 5.01 Å². The molecular formula is C22H11ClF3NS2. The van der Waals surface area contributed by atoms with Crippen LogP contribution in [0, 0.1) is 10.6 Å². The van der Waals surface area contributed by atoms with Gasteiger partial charge in [0.15, 0.2) is 0 Å². The van der Waals surface area contributed by atoms with E-state index in [1.807, 2.05) is 41.8 Å². The Morgan fingerprint density at radius 1 is 1.00 bits per heavy atom. The smallest absolute Gasteiger partial charge is 0.235 e. The van der Waals surface area contributed by atoms with Gasteiger partial charge < -0.3 is 0 Å². The van der Waals surface area contributed by atoms with Crippen molar-refractivity contribution in [2.45, 2.75) is 6.18 Å². The quantitative estimate of drug-likeness (QED) is 0.465. The number of allylic oxidation sites excluding steroid dienone is 2. The van der Waals surface area contributed by atoms with Crippen LogP contribution in [-0.2, 0) is 6.18 Å². The molecule has 0 saturated heterocycles. The Bertz CT molecular complexity index is 1430. The van der Waals surface area contributed by atoms with E-state index in [9.17, 15) is 13.2 Å². The van der Waals surface area contributed by atoms with E-state index in [0.29, 0.717) is 20.8 Å². The molecule has 29 heavy (non-hydrogen) atoms. The number of thioether (sulfide) groups is 1. The van der Waals surface area contributed by atoms with E-state index in [2.05, 4.69) is 0 Å². The van der Waals surface area contributed by atoms with Crippen LogP contribution in [0.3, 0.4) is 0 Å². The van der Waals surface area contributed by atoms with Gasteiger partial charge in [-0.15, -0.1) is 11.3 Å². The fourth-order valence-corrected chi connectivity index (χ4v) is 5.56. The molecule has 0 spiro atoms. The molecule has 0 N–H and O–H groups in total. The highest BCUT2D eigenvalue weighted by Gasteiger charge is 2.30. The summed E-state index contributed by atoms with van der Waals surface area (Å²) in [6.45, 7) is 0. The van der Waals surface area contributed by atoms with Crippen LogP contribution in [0.5, 0.6) is 0 Å². The molecule has 0 fully saturated rings. The highest BCUT2D eigenvalue weighted by molar-refractivity contribution is 8.11. The molecular weight excluding hydrogens is 435 g/mol. The van der Waals surface area contributed by atoms with Gasteiger partial charge in [0.2, 0.25) is 0 Å². The first-order valence-electron chi connectivity index (χ1n) is 8.65. The van der Waals surface area contributed by atoms with Crippen LogP contribution in [-0.4, -0.2) is 4.98 Å². The monoisotopic (exact) mass is 445 g/mol. The van der Waals surface area contributed by atoms with Gasteiger partial charge in [-0.3, -0.25) is 0 Å². The van der Waals surface area contributed by atoms with E-state index in [1.165, 1.54) is 35.2 Å². The Morgan fingerprint density at radius 2 is 1.83 bits per heavy atom. The molecule has 7 heteroatoms. The van der Waals surface area contributed by atoms with Crippen molar-refractivity contribution in [3.8, 4) is 10.6 Å². The lowest BCUT2D eigenvalue weighted by Crippen LogP contribution is -2.14.